The van der Waals surface area contributed by atoms with Crippen molar-refractivity contribution in [1.29, 1.82) is 0 Å². The summed E-state index contributed by atoms with van der Waals surface area (Å²) in [5.74, 6) is -0.108. The average Bonchev–Trinajstić information content (AvgIpc) is 2.48. The zero-order valence-electron chi connectivity index (χ0n) is 7.78. The lowest BCUT2D eigenvalue weighted by Crippen LogP contribution is -2.06. The molecule has 0 saturated heterocycles. The van der Waals surface area contributed by atoms with Crippen molar-refractivity contribution < 1.29 is 4.79 Å². The van der Waals surface area contributed by atoms with Crippen LogP contribution in [0.3, 0.4) is 0 Å². The van der Waals surface area contributed by atoms with E-state index in [4.69, 9.17) is 0 Å². The molecule has 0 aliphatic carbocycles. The summed E-state index contributed by atoms with van der Waals surface area (Å²) in [5.41, 5.74) is 2.45. The highest BCUT2D eigenvalue weighted by Crippen LogP contribution is 2.19. The maximum atomic E-state index is 11.2. The molecule has 2 aromatic rings. The zero-order valence-corrected chi connectivity index (χ0v) is 9.37. The van der Waals surface area contributed by atoms with Crippen LogP contribution in [0.5, 0.6) is 0 Å². The standard InChI is InChI=1S/C9H8BrN3O/c1-5-3-8-7(12-9(5)10)4-11-13(8)6(2)14/h3-4H,1-2H3. The van der Waals surface area contributed by atoms with Crippen LogP contribution in [0.4, 0.5) is 0 Å². The molecule has 0 aliphatic heterocycles. The lowest BCUT2D eigenvalue weighted by Gasteiger charge is -1.99. The molecule has 72 valence electrons. The Balaban J connectivity index is 2.80. The van der Waals surface area contributed by atoms with Crippen LogP contribution >= 0.6 is 15.9 Å². The SMILES string of the molecule is CC(=O)n1ncc2nc(Br)c(C)cc21. The Morgan fingerprint density at radius 1 is 1.57 bits per heavy atom. The first-order valence-electron chi connectivity index (χ1n) is 4.11. The van der Waals surface area contributed by atoms with Gasteiger partial charge in [-0.25, -0.2) is 4.98 Å². The Kier molecular flexibility index (Phi) is 2.11. The van der Waals surface area contributed by atoms with Gasteiger partial charge in [0.25, 0.3) is 0 Å². The van der Waals surface area contributed by atoms with Crippen LogP contribution in [0, 0.1) is 6.92 Å². The van der Waals surface area contributed by atoms with E-state index in [0.717, 1.165) is 21.2 Å². The van der Waals surface area contributed by atoms with E-state index in [1.807, 2.05) is 13.0 Å². The van der Waals surface area contributed by atoms with Gasteiger partial charge in [-0.05, 0) is 34.5 Å². The van der Waals surface area contributed by atoms with Gasteiger partial charge in [-0.2, -0.15) is 9.78 Å². The average molecular weight is 254 g/mol. The minimum atomic E-state index is -0.108. The van der Waals surface area contributed by atoms with E-state index in [2.05, 4.69) is 26.0 Å². The van der Waals surface area contributed by atoms with Crippen molar-refractivity contribution in [3.63, 3.8) is 0 Å². The molecule has 0 spiro atoms. The normalized spacial score (nSPS) is 10.8. The first-order valence-corrected chi connectivity index (χ1v) is 4.90. The predicted molar refractivity (Wildman–Crippen MR) is 56.3 cm³/mol. The van der Waals surface area contributed by atoms with Crippen molar-refractivity contribution in [2.75, 3.05) is 0 Å². The van der Waals surface area contributed by atoms with Gasteiger partial charge in [0, 0.05) is 6.92 Å². The highest BCUT2D eigenvalue weighted by atomic mass is 79.9. The molecular formula is C9H8BrN3O. The maximum Gasteiger partial charge on any atom is 0.244 e. The summed E-state index contributed by atoms with van der Waals surface area (Å²) in [4.78, 5) is 15.4. The highest BCUT2D eigenvalue weighted by molar-refractivity contribution is 9.10. The Hall–Kier alpha value is -1.23. The summed E-state index contributed by atoms with van der Waals surface area (Å²) < 4.78 is 2.13. The Morgan fingerprint density at radius 3 is 2.93 bits per heavy atom. The van der Waals surface area contributed by atoms with Crippen molar-refractivity contribution >= 4 is 32.9 Å². The molecule has 2 rings (SSSR count). The summed E-state index contributed by atoms with van der Waals surface area (Å²) in [6.45, 7) is 3.40. The number of pyridine rings is 1. The van der Waals surface area contributed by atoms with E-state index in [-0.39, 0.29) is 5.91 Å². The first kappa shape index (κ1) is 9.33. The van der Waals surface area contributed by atoms with Crippen molar-refractivity contribution in [1.82, 2.24) is 14.8 Å². The molecule has 2 aromatic heterocycles. The van der Waals surface area contributed by atoms with Gasteiger partial charge in [0.15, 0.2) is 0 Å². The zero-order chi connectivity index (χ0) is 10.3. The van der Waals surface area contributed by atoms with Crippen molar-refractivity contribution in [3.05, 3.63) is 22.4 Å². The number of aryl methyl sites for hydroxylation is 1. The van der Waals surface area contributed by atoms with Gasteiger partial charge < -0.3 is 0 Å². The van der Waals surface area contributed by atoms with E-state index in [1.165, 1.54) is 11.6 Å². The van der Waals surface area contributed by atoms with Crippen LogP contribution in [0.15, 0.2) is 16.9 Å². The Labute approximate surface area is 89.1 Å². The molecule has 0 atom stereocenters. The number of hydrogen-bond donors (Lipinski definition) is 0. The minimum Gasteiger partial charge on any atom is -0.273 e. The number of carbonyl (C=O) groups is 1. The second-order valence-corrected chi connectivity index (χ2v) is 3.83. The smallest absolute Gasteiger partial charge is 0.244 e. The van der Waals surface area contributed by atoms with E-state index in [0.29, 0.717) is 0 Å². The van der Waals surface area contributed by atoms with Gasteiger partial charge in [0.05, 0.1) is 11.7 Å². The van der Waals surface area contributed by atoms with Crippen LogP contribution in [-0.4, -0.2) is 20.7 Å². The topological polar surface area (TPSA) is 47.8 Å². The number of halogens is 1. The first-order chi connectivity index (χ1) is 6.59. The molecule has 0 saturated carbocycles. The lowest BCUT2D eigenvalue weighted by molar-refractivity contribution is 0.0927. The van der Waals surface area contributed by atoms with E-state index in [1.54, 1.807) is 6.20 Å². The molecule has 4 nitrogen and oxygen atoms in total. The maximum absolute atomic E-state index is 11.2. The third-order valence-electron chi connectivity index (χ3n) is 1.98. The Morgan fingerprint density at radius 2 is 2.29 bits per heavy atom. The summed E-state index contributed by atoms with van der Waals surface area (Å²) in [6, 6.07) is 1.89. The van der Waals surface area contributed by atoms with Crippen LogP contribution in [0.2, 0.25) is 0 Å². The number of rotatable bonds is 0. The third kappa shape index (κ3) is 1.33. The third-order valence-corrected chi connectivity index (χ3v) is 2.78. The number of carbonyl (C=O) groups excluding carboxylic acids is 1. The molecular weight excluding hydrogens is 246 g/mol. The molecule has 5 heteroatoms. The van der Waals surface area contributed by atoms with Gasteiger partial charge in [0.2, 0.25) is 5.91 Å². The van der Waals surface area contributed by atoms with E-state index < -0.39 is 0 Å². The summed E-state index contributed by atoms with van der Waals surface area (Å²) in [7, 11) is 0. The number of aromatic nitrogens is 3. The number of nitrogens with zero attached hydrogens (tertiary/aromatic N) is 3. The second kappa shape index (κ2) is 3.16. The molecule has 0 radical (unpaired) electrons. The fraction of sp³-hybridized carbons (Fsp3) is 0.222. The van der Waals surface area contributed by atoms with Crippen molar-refractivity contribution in [2.45, 2.75) is 13.8 Å². The van der Waals surface area contributed by atoms with Crippen LogP contribution in [0.1, 0.15) is 17.3 Å². The quantitative estimate of drug-likeness (QED) is 0.677. The van der Waals surface area contributed by atoms with Crippen molar-refractivity contribution in [2.24, 2.45) is 0 Å². The molecule has 0 aliphatic rings. The molecule has 0 unspecified atom stereocenters. The highest BCUT2D eigenvalue weighted by Gasteiger charge is 2.08. The lowest BCUT2D eigenvalue weighted by atomic mass is 10.3. The molecule has 14 heavy (non-hydrogen) atoms. The summed E-state index contributed by atoms with van der Waals surface area (Å²) in [5, 5.41) is 3.96. The predicted octanol–water partition coefficient (Wildman–Crippen LogP) is 2.16. The van der Waals surface area contributed by atoms with Crippen molar-refractivity contribution in [3.8, 4) is 0 Å². The molecule has 2 heterocycles. The minimum absolute atomic E-state index is 0.108. The molecule has 0 amide bonds. The molecule has 0 bridgehead atoms. The van der Waals surface area contributed by atoms with Crippen LogP contribution < -0.4 is 0 Å². The van der Waals surface area contributed by atoms with Gasteiger partial charge in [-0.15, -0.1) is 0 Å². The van der Waals surface area contributed by atoms with E-state index >= 15 is 0 Å². The second-order valence-electron chi connectivity index (χ2n) is 3.08. The summed E-state index contributed by atoms with van der Waals surface area (Å²) in [6.07, 6.45) is 1.58. The molecule has 0 N–H and O–H groups in total. The Bertz CT molecular complexity index is 518. The molecule has 0 fully saturated rings. The van der Waals surface area contributed by atoms with Gasteiger partial charge >= 0.3 is 0 Å². The number of hydrogen-bond acceptors (Lipinski definition) is 3. The van der Waals surface area contributed by atoms with Crippen LogP contribution in [-0.2, 0) is 0 Å². The monoisotopic (exact) mass is 253 g/mol. The van der Waals surface area contributed by atoms with E-state index in [9.17, 15) is 4.79 Å². The van der Waals surface area contributed by atoms with Crippen LogP contribution in [0.25, 0.3) is 11.0 Å². The fourth-order valence-electron chi connectivity index (χ4n) is 1.28. The van der Waals surface area contributed by atoms with Gasteiger partial charge in [-0.1, -0.05) is 0 Å². The summed E-state index contributed by atoms with van der Waals surface area (Å²) >= 11 is 3.33. The fourth-order valence-corrected chi connectivity index (χ4v) is 1.59. The van der Waals surface area contributed by atoms with Gasteiger partial charge in [-0.3, -0.25) is 4.79 Å². The number of fused-ring (bicyclic) bond motifs is 1. The van der Waals surface area contributed by atoms with Gasteiger partial charge in [0.1, 0.15) is 10.1 Å². The largest absolute Gasteiger partial charge is 0.273 e. The molecule has 0 aromatic carbocycles.